The highest BCUT2D eigenvalue weighted by atomic mass is 32.2. The van der Waals surface area contributed by atoms with Crippen molar-refractivity contribution in [3.63, 3.8) is 0 Å². The number of rotatable bonds is 6. The number of carbonyl (C=O) groups is 2. The first-order chi connectivity index (χ1) is 12.1. The van der Waals surface area contributed by atoms with Crippen LogP contribution in [-0.4, -0.2) is 46.0 Å². The van der Waals surface area contributed by atoms with Gasteiger partial charge in [0.2, 0.25) is 16.9 Å². The largest absolute Gasteiger partial charge is 0.396 e. The molecule has 0 saturated carbocycles. The molecular formula is C16H18N4O3S2. The Balaban J connectivity index is 1.62. The van der Waals surface area contributed by atoms with Gasteiger partial charge in [0.15, 0.2) is 4.34 Å². The molecule has 0 aliphatic carbocycles. The van der Waals surface area contributed by atoms with Gasteiger partial charge in [-0.1, -0.05) is 35.2 Å². The Morgan fingerprint density at radius 3 is 3.08 bits per heavy atom. The van der Waals surface area contributed by atoms with Crippen LogP contribution in [0, 0.1) is 12.8 Å². The Morgan fingerprint density at radius 1 is 1.48 bits per heavy atom. The van der Waals surface area contributed by atoms with Gasteiger partial charge in [-0.15, -0.1) is 10.2 Å². The minimum absolute atomic E-state index is 0.0535. The number of aromatic nitrogens is 2. The summed E-state index contributed by atoms with van der Waals surface area (Å²) in [7, 11) is 0. The van der Waals surface area contributed by atoms with Crippen molar-refractivity contribution in [2.24, 2.45) is 5.92 Å². The van der Waals surface area contributed by atoms with Crippen molar-refractivity contribution in [2.75, 3.05) is 29.1 Å². The molecule has 0 bridgehead atoms. The molecule has 0 spiro atoms. The Hall–Kier alpha value is -1.97. The minimum Gasteiger partial charge on any atom is -0.396 e. The number of aryl methyl sites for hydroxylation is 1. The quantitative estimate of drug-likeness (QED) is 0.589. The molecule has 132 valence electrons. The van der Waals surface area contributed by atoms with Gasteiger partial charge in [-0.3, -0.25) is 9.59 Å². The molecule has 1 atom stereocenters. The predicted molar refractivity (Wildman–Crippen MR) is 98.0 cm³/mol. The first-order valence-electron chi connectivity index (χ1n) is 7.82. The summed E-state index contributed by atoms with van der Waals surface area (Å²) in [5.74, 6) is -0.156. The van der Waals surface area contributed by atoms with Crippen molar-refractivity contribution < 1.29 is 14.7 Å². The molecule has 0 unspecified atom stereocenters. The van der Waals surface area contributed by atoms with Crippen molar-refractivity contribution in [2.45, 2.75) is 17.7 Å². The molecule has 25 heavy (non-hydrogen) atoms. The van der Waals surface area contributed by atoms with E-state index >= 15 is 0 Å². The smallest absolute Gasteiger partial charge is 0.231 e. The monoisotopic (exact) mass is 378 g/mol. The molecule has 2 heterocycles. The van der Waals surface area contributed by atoms with Gasteiger partial charge in [0.05, 0.1) is 12.5 Å². The maximum atomic E-state index is 12.4. The average molecular weight is 378 g/mol. The highest BCUT2D eigenvalue weighted by Gasteiger charge is 2.35. The number of aliphatic hydroxyl groups is 1. The van der Waals surface area contributed by atoms with Gasteiger partial charge in [-0.2, -0.15) is 0 Å². The van der Waals surface area contributed by atoms with Gasteiger partial charge in [-0.05, 0) is 24.6 Å². The highest BCUT2D eigenvalue weighted by Crippen LogP contribution is 2.28. The minimum atomic E-state index is -0.412. The van der Waals surface area contributed by atoms with E-state index in [-0.39, 0.29) is 24.8 Å². The summed E-state index contributed by atoms with van der Waals surface area (Å²) >= 11 is 2.64. The third kappa shape index (κ3) is 4.36. The number of nitrogens with zero attached hydrogens (tertiary/aromatic N) is 3. The van der Waals surface area contributed by atoms with Crippen molar-refractivity contribution >= 4 is 45.7 Å². The molecule has 2 amide bonds. The van der Waals surface area contributed by atoms with E-state index in [9.17, 15) is 9.59 Å². The summed E-state index contributed by atoms with van der Waals surface area (Å²) in [6, 6.07) is 7.68. The van der Waals surface area contributed by atoms with Gasteiger partial charge >= 0.3 is 0 Å². The van der Waals surface area contributed by atoms with Gasteiger partial charge < -0.3 is 15.3 Å². The van der Waals surface area contributed by atoms with E-state index in [1.165, 1.54) is 23.1 Å². The summed E-state index contributed by atoms with van der Waals surface area (Å²) in [5.41, 5.74) is 1.89. The van der Waals surface area contributed by atoms with E-state index in [1.807, 2.05) is 31.2 Å². The van der Waals surface area contributed by atoms with E-state index in [4.69, 9.17) is 5.11 Å². The SMILES string of the molecule is Cc1cccc(N2C[C@@H](C(=O)Nc3nnc(SCCO)s3)CC2=O)c1. The van der Waals surface area contributed by atoms with E-state index in [0.29, 0.717) is 21.8 Å². The number of aliphatic hydroxyl groups excluding tert-OH is 1. The third-order valence-corrected chi connectivity index (χ3v) is 5.71. The lowest BCUT2D eigenvalue weighted by Gasteiger charge is -2.17. The zero-order valence-electron chi connectivity index (χ0n) is 13.6. The lowest BCUT2D eigenvalue weighted by molar-refractivity contribution is -0.122. The highest BCUT2D eigenvalue weighted by molar-refractivity contribution is 8.01. The second-order valence-electron chi connectivity index (χ2n) is 5.68. The summed E-state index contributed by atoms with van der Waals surface area (Å²) in [6.45, 7) is 2.39. The van der Waals surface area contributed by atoms with E-state index in [2.05, 4.69) is 15.5 Å². The molecule has 9 heteroatoms. The normalized spacial score (nSPS) is 17.1. The summed E-state index contributed by atoms with van der Waals surface area (Å²) in [4.78, 5) is 26.4. The number of amides is 2. The first kappa shape index (κ1) is 17.8. The lowest BCUT2D eigenvalue weighted by atomic mass is 10.1. The Morgan fingerprint density at radius 2 is 2.32 bits per heavy atom. The molecule has 1 aliphatic rings. The maximum Gasteiger partial charge on any atom is 0.231 e. The molecule has 1 saturated heterocycles. The summed E-state index contributed by atoms with van der Waals surface area (Å²) in [6.07, 6.45) is 0.185. The molecule has 1 aliphatic heterocycles. The lowest BCUT2D eigenvalue weighted by Crippen LogP contribution is -2.28. The van der Waals surface area contributed by atoms with Crippen LogP contribution >= 0.6 is 23.1 Å². The van der Waals surface area contributed by atoms with Crippen molar-refractivity contribution in [1.29, 1.82) is 0 Å². The van der Waals surface area contributed by atoms with Crippen LogP contribution in [0.3, 0.4) is 0 Å². The second-order valence-corrected chi connectivity index (χ2v) is 8.00. The zero-order chi connectivity index (χ0) is 17.8. The number of carbonyl (C=O) groups excluding carboxylic acids is 2. The molecule has 1 aromatic carbocycles. The van der Waals surface area contributed by atoms with Crippen LogP contribution in [0.2, 0.25) is 0 Å². The molecule has 7 nitrogen and oxygen atoms in total. The molecule has 1 fully saturated rings. The maximum absolute atomic E-state index is 12.4. The Bertz CT molecular complexity index is 780. The average Bonchev–Trinajstić information content (AvgIpc) is 3.19. The van der Waals surface area contributed by atoms with Gasteiger partial charge in [0, 0.05) is 24.4 Å². The Kier molecular flexibility index (Phi) is 5.67. The molecule has 2 aromatic rings. The fraction of sp³-hybridized carbons (Fsp3) is 0.375. The Labute approximate surface area is 153 Å². The molecule has 1 aromatic heterocycles. The van der Waals surface area contributed by atoms with Crippen LogP contribution in [0.25, 0.3) is 0 Å². The summed E-state index contributed by atoms with van der Waals surface area (Å²) in [5, 5.41) is 19.8. The van der Waals surface area contributed by atoms with E-state index in [1.54, 1.807) is 4.90 Å². The number of benzene rings is 1. The van der Waals surface area contributed by atoms with Crippen LogP contribution in [0.15, 0.2) is 28.6 Å². The molecule has 3 rings (SSSR count). The van der Waals surface area contributed by atoms with Gasteiger partial charge in [0.25, 0.3) is 0 Å². The van der Waals surface area contributed by atoms with Crippen molar-refractivity contribution in [3.8, 4) is 0 Å². The topological polar surface area (TPSA) is 95.4 Å². The van der Waals surface area contributed by atoms with Crippen LogP contribution in [-0.2, 0) is 9.59 Å². The fourth-order valence-electron chi connectivity index (χ4n) is 2.59. The fourth-order valence-corrected chi connectivity index (χ4v) is 4.15. The second kappa shape index (κ2) is 7.94. The number of thioether (sulfide) groups is 1. The van der Waals surface area contributed by atoms with Crippen molar-refractivity contribution in [3.05, 3.63) is 29.8 Å². The third-order valence-electron chi connectivity index (χ3n) is 3.76. The predicted octanol–water partition coefficient (Wildman–Crippen LogP) is 1.92. The standard InChI is InChI=1S/C16H18N4O3S2/c1-10-3-2-4-12(7-10)20-9-11(8-13(20)22)14(23)17-15-18-19-16(25-15)24-6-5-21/h2-4,7,11,21H,5-6,8-9H2,1H3,(H,17,18,23)/t11-/m0/s1. The van der Waals surface area contributed by atoms with E-state index in [0.717, 1.165) is 11.3 Å². The number of nitrogens with one attached hydrogen (secondary N) is 1. The number of hydrogen-bond acceptors (Lipinski definition) is 7. The summed E-state index contributed by atoms with van der Waals surface area (Å²) < 4.78 is 0.688. The molecular weight excluding hydrogens is 360 g/mol. The van der Waals surface area contributed by atoms with E-state index < -0.39 is 5.92 Å². The van der Waals surface area contributed by atoms with Crippen LogP contribution in [0.1, 0.15) is 12.0 Å². The molecule has 2 N–H and O–H groups in total. The first-order valence-corrected chi connectivity index (χ1v) is 9.62. The van der Waals surface area contributed by atoms with Crippen LogP contribution in [0.5, 0.6) is 0 Å². The van der Waals surface area contributed by atoms with Crippen molar-refractivity contribution in [1.82, 2.24) is 10.2 Å². The van der Waals surface area contributed by atoms with Gasteiger partial charge in [0.1, 0.15) is 0 Å². The molecule has 0 radical (unpaired) electrons. The van der Waals surface area contributed by atoms with Crippen LogP contribution < -0.4 is 10.2 Å². The zero-order valence-corrected chi connectivity index (χ0v) is 15.3. The number of anilines is 2. The number of hydrogen-bond donors (Lipinski definition) is 2. The van der Waals surface area contributed by atoms with Gasteiger partial charge in [-0.25, -0.2) is 0 Å². The van der Waals surface area contributed by atoms with Crippen LogP contribution in [0.4, 0.5) is 10.8 Å².